The van der Waals surface area contributed by atoms with Gasteiger partial charge in [0.2, 0.25) is 11.8 Å². The molecule has 0 saturated heterocycles. The van der Waals surface area contributed by atoms with Gasteiger partial charge in [-0.25, -0.2) is 15.0 Å². The fourth-order valence-electron chi connectivity index (χ4n) is 4.77. The average molecular weight is 567 g/mol. The van der Waals surface area contributed by atoms with E-state index in [1.165, 1.54) is 15.4 Å². The maximum Gasteiger partial charge on any atom is 0.347 e. The zero-order valence-corrected chi connectivity index (χ0v) is 24.1. The summed E-state index contributed by atoms with van der Waals surface area (Å²) in [4.78, 5) is 45.8. The summed E-state index contributed by atoms with van der Waals surface area (Å²) in [5.74, 6) is -2.11. The van der Waals surface area contributed by atoms with E-state index >= 15 is 0 Å². The van der Waals surface area contributed by atoms with Crippen LogP contribution in [-0.4, -0.2) is 21.1 Å². The van der Waals surface area contributed by atoms with Gasteiger partial charge in [-0.1, -0.05) is 117 Å². The first kappa shape index (κ1) is 30.3. The molecule has 3 aromatic carbocycles. The molecule has 0 aliphatic carbocycles. The molecular weight excluding hydrogens is 528 g/mol. The molecule has 0 spiro atoms. The van der Waals surface area contributed by atoms with Crippen LogP contribution in [0.3, 0.4) is 0 Å². The van der Waals surface area contributed by atoms with Crippen molar-refractivity contribution in [1.82, 2.24) is 14.7 Å². The number of imidazole rings is 1. The maximum atomic E-state index is 13.7. The van der Waals surface area contributed by atoms with Crippen LogP contribution in [0, 0.1) is 17.8 Å². The number of hydrogen-bond acceptors (Lipinski definition) is 4. The van der Waals surface area contributed by atoms with Gasteiger partial charge in [0.25, 0.3) is 0 Å². The fraction of sp³-hybridized carbons (Fsp3) is 0.265. The Labute approximate surface area is 246 Å². The van der Waals surface area contributed by atoms with Crippen molar-refractivity contribution >= 4 is 17.9 Å². The van der Waals surface area contributed by atoms with Crippen LogP contribution in [-0.2, 0) is 27.6 Å². The van der Waals surface area contributed by atoms with Gasteiger partial charge in [-0.05, 0) is 35.4 Å². The molecule has 2 amide bonds. The topological polar surface area (TPSA) is 94.4 Å². The highest BCUT2D eigenvalue weighted by molar-refractivity contribution is 5.91. The lowest BCUT2D eigenvalue weighted by atomic mass is 9.82. The van der Waals surface area contributed by atoms with E-state index in [4.69, 9.17) is 4.84 Å². The van der Waals surface area contributed by atoms with E-state index in [0.29, 0.717) is 19.4 Å². The summed E-state index contributed by atoms with van der Waals surface area (Å²) < 4.78 is 2.70. The molecule has 0 saturated carbocycles. The van der Waals surface area contributed by atoms with Gasteiger partial charge in [-0.3, -0.25) is 24.4 Å². The first-order valence-electron chi connectivity index (χ1n) is 14.2. The molecule has 8 nitrogen and oxygen atoms in total. The predicted octanol–water partition coefficient (Wildman–Crippen LogP) is 5.40. The van der Waals surface area contributed by atoms with Gasteiger partial charge in [0.05, 0.1) is 25.0 Å². The van der Waals surface area contributed by atoms with E-state index in [9.17, 15) is 14.4 Å². The number of carbonyl (C=O) groups is 2. The van der Waals surface area contributed by atoms with E-state index in [2.05, 4.69) is 10.9 Å². The lowest BCUT2D eigenvalue weighted by molar-refractivity contribution is -0.143. The summed E-state index contributed by atoms with van der Waals surface area (Å²) in [7, 11) is 0. The molecule has 0 aliphatic heterocycles. The van der Waals surface area contributed by atoms with Crippen LogP contribution >= 0.6 is 0 Å². The minimum atomic E-state index is -0.731. The van der Waals surface area contributed by atoms with Gasteiger partial charge in [-0.2, -0.15) is 0 Å². The number of hydroxylamine groups is 1. The maximum absolute atomic E-state index is 13.7. The molecule has 4 rings (SSSR count). The van der Waals surface area contributed by atoms with Crippen molar-refractivity contribution in [2.24, 2.45) is 17.8 Å². The van der Waals surface area contributed by atoms with E-state index in [0.717, 1.165) is 16.7 Å². The van der Waals surface area contributed by atoms with Crippen molar-refractivity contribution in [3.8, 4) is 0 Å². The lowest BCUT2D eigenvalue weighted by Gasteiger charge is -2.26. The molecule has 2 N–H and O–H groups in total. The van der Waals surface area contributed by atoms with Gasteiger partial charge in [0.1, 0.15) is 0 Å². The van der Waals surface area contributed by atoms with Crippen LogP contribution in [0.1, 0.15) is 43.4 Å². The standard InChI is InChI=1S/C34H38N4O4/c1-26(2)23-31(32(39)35-38-22-21-37(34(38)41)24-28-15-8-4-9-16-28)30(20-12-19-27-13-6-3-7-14-27)33(40)36-42-25-29-17-10-5-11-18-29/h3-19,21-22,26,30-31H,20,23-25H2,1-2H3,(H,35,39)(H,36,40)/b19-12+/t30-,31+/m0/s1. The third-order valence-electron chi connectivity index (χ3n) is 6.91. The second-order valence-corrected chi connectivity index (χ2v) is 10.7. The third kappa shape index (κ3) is 8.91. The molecule has 0 bridgehead atoms. The smallest absolute Gasteiger partial charge is 0.293 e. The number of amides is 2. The molecule has 1 heterocycles. The predicted molar refractivity (Wildman–Crippen MR) is 165 cm³/mol. The van der Waals surface area contributed by atoms with Gasteiger partial charge in [-0.15, -0.1) is 0 Å². The molecule has 0 radical (unpaired) electrons. The number of allylic oxidation sites excluding steroid dienone is 1. The minimum Gasteiger partial charge on any atom is -0.293 e. The summed E-state index contributed by atoms with van der Waals surface area (Å²) in [6, 6.07) is 28.9. The van der Waals surface area contributed by atoms with Crippen LogP contribution in [0.15, 0.2) is 114 Å². The zero-order chi connectivity index (χ0) is 29.7. The van der Waals surface area contributed by atoms with Gasteiger partial charge >= 0.3 is 5.69 Å². The van der Waals surface area contributed by atoms with Crippen LogP contribution in [0.25, 0.3) is 6.08 Å². The second kappa shape index (κ2) is 15.3. The number of nitrogens with one attached hydrogen (secondary N) is 2. The Morgan fingerprint density at radius 1 is 0.810 bits per heavy atom. The summed E-state index contributed by atoms with van der Waals surface area (Å²) in [6.07, 6.45) is 7.76. The Morgan fingerprint density at radius 3 is 2.07 bits per heavy atom. The van der Waals surface area contributed by atoms with Gasteiger partial charge in [0, 0.05) is 12.4 Å². The molecule has 0 fully saturated rings. The van der Waals surface area contributed by atoms with E-state index < -0.39 is 23.7 Å². The summed E-state index contributed by atoms with van der Waals surface area (Å²) >= 11 is 0. The van der Waals surface area contributed by atoms with Crippen LogP contribution in [0.4, 0.5) is 0 Å². The normalized spacial score (nSPS) is 12.7. The van der Waals surface area contributed by atoms with E-state index in [1.54, 1.807) is 6.20 Å². The monoisotopic (exact) mass is 566 g/mol. The second-order valence-electron chi connectivity index (χ2n) is 10.7. The first-order chi connectivity index (χ1) is 20.4. The summed E-state index contributed by atoms with van der Waals surface area (Å²) in [5.41, 5.74) is 7.82. The summed E-state index contributed by atoms with van der Waals surface area (Å²) in [5, 5.41) is 0. The van der Waals surface area contributed by atoms with Crippen molar-refractivity contribution in [1.29, 1.82) is 0 Å². The average Bonchev–Trinajstić information content (AvgIpc) is 3.33. The van der Waals surface area contributed by atoms with Crippen molar-refractivity contribution in [3.63, 3.8) is 0 Å². The zero-order valence-electron chi connectivity index (χ0n) is 24.1. The number of nitrogens with zero attached hydrogens (tertiary/aromatic N) is 2. The van der Waals surface area contributed by atoms with Crippen molar-refractivity contribution in [2.45, 2.75) is 39.8 Å². The number of carbonyl (C=O) groups excluding carboxylic acids is 2. The quantitative estimate of drug-likeness (QED) is 0.200. The van der Waals surface area contributed by atoms with Gasteiger partial charge < -0.3 is 0 Å². The molecule has 8 heteroatoms. The Bertz CT molecular complexity index is 1490. The molecule has 2 atom stereocenters. The highest BCUT2D eigenvalue weighted by Gasteiger charge is 2.34. The molecular formula is C34H38N4O4. The van der Waals surface area contributed by atoms with E-state index in [-0.39, 0.29) is 18.2 Å². The number of benzene rings is 3. The third-order valence-corrected chi connectivity index (χ3v) is 6.91. The van der Waals surface area contributed by atoms with Gasteiger partial charge in [0.15, 0.2) is 0 Å². The molecule has 218 valence electrons. The number of hydrogen-bond donors (Lipinski definition) is 2. The highest BCUT2D eigenvalue weighted by atomic mass is 16.6. The first-order valence-corrected chi connectivity index (χ1v) is 14.2. The minimum absolute atomic E-state index is 0.124. The molecule has 4 aromatic rings. The Hall–Kier alpha value is -4.69. The fourth-order valence-corrected chi connectivity index (χ4v) is 4.77. The van der Waals surface area contributed by atoms with Crippen molar-refractivity contribution < 1.29 is 14.4 Å². The van der Waals surface area contributed by atoms with Crippen LogP contribution in [0.5, 0.6) is 0 Å². The molecule has 42 heavy (non-hydrogen) atoms. The molecule has 1 aromatic heterocycles. The van der Waals surface area contributed by atoms with Crippen molar-refractivity contribution in [2.75, 3.05) is 5.43 Å². The van der Waals surface area contributed by atoms with Crippen LogP contribution < -0.4 is 16.6 Å². The van der Waals surface area contributed by atoms with E-state index in [1.807, 2.05) is 117 Å². The highest BCUT2D eigenvalue weighted by Crippen LogP contribution is 2.26. The molecule has 0 unspecified atom stereocenters. The number of aromatic nitrogens is 2. The number of rotatable bonds is 14. The molecule has 0 aliphatic rings. The Morgan fingerprint density at radius 2 is 1.43 bits per heavy atom. The Balaban J connectivity index is 1.52. The van der Waals surface area contributed by atoms with Crippen LogP contribution in [0.2, 0.25) is 0 Å². The van der Waals surface area contributed by atoms with Crippen molar-refractivity contribution in [3.05, 3.63) is 137 Å². The largest absolute Gasteiger partial charge is 0.347 e. The Kier molecular flexibility index (Phi) is 11.1. The lowest BCUT2D eigenvalue weighted by Crippen LogP contribution is -2.44. The summed E-state index contributed by atoms with van der Waals surface area (Å²) in [6.45, 7) is 4.59. The SMILES string of the molecule is CC(C)C[C@@H](C(=O)Nn1ccn(Cc2ccccc2)c1=O)[C@H](C/C=C/c1ccccc1)C(=O)NOCc1ccccc1.